The number of hydrogen-bond acceptors (Lipinski definition) is 4. The van der Waals surface area contributed by atoms with Gasteiger partial charge >= 0.3 is 6.03 Å². The van der Waals surface area contributed by atoms with Gasteiger partial charge in [-0.05, 0) is 30.4 Å². The minimum atomic E-state index is -0.132. The number of nitrogens with zero attached hydrogens (tertiary/aromatic N) is 2. The zero-order valence-corrected chi connectivity index (χ0v) is 15.4. The third kappa shape index (κ3) is 4.57. The highest BCUT2D eigenvalue weighted by atomic mass is 16.5. The molecule has 2 heterocycles. The number of urea groups is 1. The molecular weight excluding hydrogens is 340 g/mol. The van der Waals surface area contributed by atoms with Crippen LogP contribution in [-0.2, 0) is 11.3 Å². The van der Waals surface area contributed by atoms with E-state index in [2.05, 4.69) is 32.7 Å². The second kappa shape index (κ2) is 8.39. The average Bonchev–Trinajstić information content (AvgIpc) is 3.57. The van der Waals surface area contributed by atoms with E-state index < -0.39 is 0 Å². The fourth-order valence-electron chi connectivity index (χ4n) is 3.56. The van der Waals surface area contributed by atoms with Crippen molar-refractivity contribution in [2.45, 2.75) is 25.4 Å². The molecule has 6 nitrogen and oxygen atoms in total. The lowest BCUT2D eigenvalue weighted by atomic mass is 10.0. The number of amides is 2. The summed E-state index contributed by atoms with van der Waals surface area (Å²) in [6, 6.07) is 14.1. The first-order chi connectivity index (χ1) is 13.3. The van der Waals surface area contributed by atoms with Crippen molar-refractivity contribution in [2.75, 3.05) is 31.2 Å². The Hall–Kier alpha value is -2.60. The van der Waals surface area contributed by atoms with Crippen LogP contribution in [0.1, 0.15) is 30.0 Å². The maximum absolute atomic E-state index is 12.5. The molecule has 142 valence electrons. The number of ether oxygens (including phenoxy) is 1. The molecule has 0 spiro atoms. The number of morpholine rings is 1. The summed E-state index contributed by atoms with van der Waals surface area (Å²) in [5, 5.41) is 6.17. The SMILES string of the molecule is O=C(NCc1cccnc1N1CCOCC1)NC(c1ccccc1)C1CC1. The Bertz CT molecular complexity index is 758. The van der Waals surface area contributed by atoms with Crippen molar-refractivity contribution in [3.8, 4) is 0 Å². The molecule has 2 fully saturated rings. The summed E-state index contributed by atoms with van der Waals surface area (Å²) in [7, 11) is 0. The standard InChI is InChI=1S/C21H26N4O2/c26-21(24-19(17-8-9-17)16-5-2-1-3-6-16)23-15-18-7-4-10-22-20(18)25-11-13-27-14-12-25/h1-7,10,17,19H,8-9,11-15H2,(H2,23,24,26). The molecule has 2 aromatic rings. The fraction of sp³-hybridized carbons (Fsp3) is 0.429. The van der Waals surface area contributed by atoms with Gasteiger partial charge in [0.15, 0.2) is 0 Å². The van der Waals surface area contributed by atoms with Gasteiger partial charge in [-0.1, -0.05) is 36.4 Å². The summed E-state index contributed by atoms with van der Waals surface area (Å²) < 4.78 is 5.42. The highest BCUT2D eigenvalue weighted by molar-refractivity contribution is 5.74. The van der Waals surface area contributed by atoms with E-state index in [0.717, 1.165) is 24.5 Å². The monoisotopic (exact) mass is 366 g/mol. The van der Waals surface area contributed by atoms with Gasteiger partial charge < -0.3 is 20.3 Å². The van der Waals surface area contributed by atoms with Crippen LogP contribution in [0.5, 0.6) is 0 Å². The van der Waals surface area contributed by atoms with Crippen LogP contribution in [0.3, 0.4) is 0 Å². The quantitative estimate of drug-likeness (QED) is 0.825. The Labute approximate surface area is 159 Å². The number of benzene rings is 1. The molecule has 0 radical (unpaired) electrons. The molecule has 1 saturated heterocycles. The lowest BCUT2D eigenvalue weighted by Gasteiger charge is -2.29. The van der Waals surface area contributed by atoms with Gasteiger partial charge in [0, 0.05) is 31.4 Å². The van der Waals surface area contributed by atoms with Crippen LogP contribution in [0.4, 0.5) is 10.6 Å². The van der Waals surface area contributed by atoms with Gasteiger partial charge in [0.05, 0.1) is 19.3 Å². The van der Waals surface area contributed by atoms with Crippen molar-refractivity contribution >= 4 is 11.8 Å². The molecule has 1 atom stereocenters. The topological polar surface area (TPSA) is 66.5 Å². The Morgan fingerprint density at radius 1 is 1.15 bits per heavy atom. The van der Waals surface area contributed by atoms with Gasteiger partial charge in [0.25, 0.3) is 0 Å². The van der Waals surface area contributed by atoms with E-state index in [1.165, 1.54) is 18.4 Å². The van der Waals surface area contributed by atoms with Crippen molar-refractivity contribution < 1.29 is 9.53 Å². The molecular formula is C21H26N4O2. The molecule has 2 aliphatic rings. The zero-order chi connectivity index (χ0) is 18.5. The molecule has 2 N–H and O–H groups in total. The van der Waals surface area contributed by atoms with Crippen LogP contribution in [0, 0.1) is 5.92 Å². The number of rotatable bonds is 6. The van der Waals surface area contributed by atoms with Gasteiger partial charge in [-0.3, -0.25) is 0 Å². The van der Waals surface area contributed by atoms with Crippen LogP contribution in [0.15, 0.2) is 48.7 Å². The highest BCUT2D eigenvalue weighted by Gasteiger charge is 2.33. The first kappa shape index (κ1) is 17.8. The molecule has 0 bridgehead atoms. The third-order valence-corrected chi connectivity index (χ3v) is 5.16. The molecule has 6 heteroatoms. The van der Waals surface area contributed by atoms with Crippen LogP contribution in [0.2, 0.25) is 0 Å². The molecule has 1 aromatic carbocycles. The van der Waals surface area contributed by atoms with Crippen LogP contribution >= 0.6 is 0 Å². The molecule has 1 aliphatic carbocycles. The number of carbonyl (C=O) groups is 1. The summed E-state index contributed by atoms with van der Waals surface area (Å²) in [6.07, 6.45) is 4.14. The van der Waals surface area contributed by atoms with Crippen molar-refractivity contribution in [3.05, 3.63) is 59.8 Å². The van der Waals surface area contributed by atoms with Crippen molar-refractivity contribution in [2.24, 2.45) is 5.92 Å². The second-order valence-electron chi connectivity index (χ2n) is 7.14. The number of hydrogen-bond donors (Lipinski definition) is 2. The maximum atomic E-state index is 12.5. The van der Waals surface area contributed by atoms with Crippen LogP contribution < -0.4 is 15.5 Å². The molecule has 1 aliphatic heterocycles. The summed E-state index contributed by atoms with van der Waals surface area (Å²) in [5.74, 6) is 1.48. The van der Waals surface area contributed by atoms with Gasteiger partial charge in [-0.15, -0.1) is 0 Å². The van der Waals surface area contributed by atoms with E-state index in [9.17, 15) is 4.79 Å². The maximum Gasteiger partial charge on any atom is 0.315 e. The van der Waals surface area contributed by atoms with E-state index in [-0.39, 0.29) is 12.1 Å². The van der Waals surface area contributed by atoms with Crippen molar-refractivity contribution in [3.63, 3.8) is 0 Å². The lowest BCUT2D eigenvalue weighted by Crippen LogP contribution is -2.40. The van der Waals surface area contributed by atoms with Gasteiger partial charge in [0.1, 0.15) is 5.82 Å². The predicted molar refractivity (Wildman–Crippen MR) is 105 cm³/mol. The van der Waals surface area contributed by atoms with E-state index in [1.807, 2.05) is 30.3 Å². The average molecular weight is 366 g/mol. The summed E-state index contributed by atoms with van der Waals surface area (Å²) in [4.78, 5) is 19.3. The summed E-state index contributed by atoms with van der Waals surface area (Å²) in [6.45, 7) is 3.54. The molecule has 4 rings (SSSR count). The fourth-order valence-corrected chi connectivity index (χ4v) is 3.56. The molecule has 1 saturated carbocycles. The molecule has 1 unspecified atom stereocenters. The van der Waals surface area contributed by atoms with Gasteiger partial charge in [-0.25, -0.2) is 9.78 Å². The van der Waals surface area contributed by atoms with Crippen molar-refractivity contribution in [1.29, 1.82) is 0 Å². The second-order valence-corrected chi connectivity index (χ2v) is 7.14. The summed E-state index contributed by atoms with van der Waals surface area (Å²) in [5.41, 5.74) is 2.20. The molecule has 27 heavy (non-hydrogen) atoms. The number of pyridine rings is 1. The Morgan fingerprint density at radius 3 is 2.67 bits per heavy atom. The first-order valence-corrected chi connectivity index (χ1v) is 9.67. The minimum Gasteiger partial charge on any atom is -0.378 e. The minimum absolute atomic E-state index is 0.0822. The Morgan fingerprint density at radius 2 is 1.93 bits per heavy atom. The van der Waals surface area contributed by atoms with E-state index in [0.29, 0.717) is 25.7 Å². The summed E-state index contributed by atoms with van der Waals surface area (Å²) >= 11 is 0. The van der Waals surface area contributed by atoms with E-state index in [4.69, 9.17) is 4.74 Å². The largest absolute Gasteiger partial charge is 0.378 e. The number of carbonyl (C=O) groups excluding carboxylic acids is 1. The Kier molecular flexibility index (Phi) is 5.53. The van der Waals surface area contributed by atoms with Crippen LogP contribution in [-0.4, -0.2) is 37.3 Å². The van der Waals surface area contributed by atoms with Crippen molar-refractivity contribution in [1.82, 2.24) is 15.6 Å². The Balaban J connectivity index is 1.38. The number of aromatic nitrogens is 1. The normalized spacial score (nSPS) is 18.0. The third-order valence-electron chi connectivity index (χ3n) is 5.16. The molecule has 2 amide bonds. The zero-order valence-electron chi connectivity index (χ0n) is 15.4. The van der Waals surface area contributed by atoms with Gasteiger partial charge in [-0.2, -0.15) is 0 Å². The smallest absolute Gasteiger partial charge is 0.315 e. The molecule has 1 aromatic heterocycles. The number of anilines is 1. The lowest BCUT2D eigenvalue weighted by molar-refractivity contribution is 0.122. The van der Waals surface area contributed by atoms with Crippen LogP contribution in [0.25, 0.3) is 0 Å². The highest BCUT2D eigenvalue weighted by Crippen LogP contribution is 2.40. The van der Waals surface area contributed by atoms with E-state index >= 15 is 0 Å². The number of nitrogens with one attached hydrogen (secondary N) is 2. The first-order valence-electron chi connectivity index (χ1n) is 9.67. The predicted octanol–water partition coefficient (Wildman–Crippen LogP) is 2.87. The van der Waals surface area contributed by atoms with Gasteiger partial charge in [0.2, 0.25) is 0 Å². The van der Waals surface area contributed by atoms with E-state index in [1.54, 1.807) is 6.20 Å².